The average molecular weight is 527 g/mol. The third-order valence-corrected chi connectivity index (χ3v) is 14.6. The Morgan fingerprint density at radius 1 is 1.13 bits per heavy atom. The van der Waals surface area contributed by atoms with Crippen LogP contribution in [0.3, 0.4) is 0 Å². The van der Waals surface area contributed by atoms with Crippen molar-refractivity contribution in [1.29, 1.82) is 0 Å². The van der Waals surface area contributed by atoms with E-state index < -0.39 is 19.8 Å². The Kier molecular flexibility index (Phi) is 11.2. The van der Waals surface area contributed by atoms with Crippen LogP contribution in [0.15, 0.2) is 33.5 Å². The van der Waals surface area contributed by atoms with Crippen molar-refractivity contribution in [3.8, 4) is 0 Å². The number of halogens is 1. The second kappa shape index (κ2) is 12.9. The summed E-state index contributed by atoms with van der Waals surface area (Å²) < 4.78 is 4.77. The molecular weight excluding hydrogens is 475 g/mol. The van der Waals surface area contributed by atoms with Crippen molar-refractivity contribution in [2.75, 3.05) is 8.86 Å². The molecule has 0 amide bonds. The van der Waals surface area contributed by atoms with E-state index in [1.165, 1.54) is 75.1 Å². The Morgan fingerprint density at radius 3 is 2.53 bits per heavy atom. The SMILES string of the molecule is C=C1CC(C(CC)CCC)CI(C2=CCC(CCCCC(C)(C)CCC)C=C2C)C1. The van der Waals surface area contributed by atoms with Crippen molar-refractivity contribution in [2.45, 2.75) is 112 Å². The summed E-state index contributed by atoms with van der Waals surface area (Å²) in [7, 11) is 0. The first kappa shape index (κ1) is 26.2. The molecule has 3 atom stereocenters. The fourth-order valence-corrected chi connectivity index (χ4v) is 13.3. The molecule has 1 heteroatoms. The number of rotatable bonds is 12. The molecule has 0 bridgehead atoms. The van der Waals surface area contributed by atoms with E-state index in [9.17, 15) is 0 Å². The fraction of sp³-hybridized carbons (Fsp3) is 0.793. The Labute approximate surface area is 196 Å². The van der Waals surface area contributed by atoms with Gasteiger partial charge in [0.2, 0.25) is 0 Å². The Hall–Kier alpha value is -0.0500. The molecule has 174 valence electrons. The molecule has 1 heterocycles. The van der Waals surface area contributed by atoms with Crippen LogP contribution in [0, 0.1) is 23.2 Å². The summed E-state index contributed by atoms with van der Waals surface area (Å²) in [5, 5.41) is 0. The van der Waals surface area contributed by atoms with Gasteiger partial charge in [-0.3, -0.25) is 0 Å². The van der Waals surface area contributed by atoms with E-state index in [2.05, 4.69) is 60.3 Å². The zero-order valence-corrected chi connectivity index (χ0v) is 23.3. The van der Waals surface area contributed by atoms with Crippen LogP contribution in [0.4, 0.5) is 0 Å². The van der Waals surface area contributed by atoms with Crippen LogP contribution in [-0.4, -0.2) is 8.86 Å². The molecule has 0 aromatic rings. The van der Waals surface area contributed by atoms with Crippen molar-refractivity contribution in [1.82, 2.24) is 0 Å². The minimum atomic E-state index is -1.08. The summed E-state index contributed by atoms with van der Waals surface area (Å²) in [6, 6.07) is 0. The van der Waals surface area contributed by atoms with E-state index >= 15 is 0 Å². The second-order valence-electron chi connectivity index (χ2n) is 11.0. The molecule has 3 unspecified atom stereocenters. The Balaban J connectivity index is 1.87. The zero-order valence-electron chi connectivity index (χ0n) is 21.2. The number of hydrogen-bond acceptors (Lipinski definition) is 0. The van der Waals surface area contributed by atoms with Crippen molar-refractivity contribution in [2.24, 2.45) is 23.2 Å². The number of unbranched alkanes of at least 4 members (excludes halogenated alkanes) is 1. The van der Waals surface area contributed by atoms with Crippen LogP contribution in [0.2, 0.25) is 0 Å². The van der Waals surface area contributed by atoms with Crippen LogP contribution in [-0.2, 0) is 0 Å². The molecule has 0 saturated carbocycles. The van der Waals surface area contributed by atoms with Gasteiger partial charge in [0.15, 0.2) is 0 Å². The van der Waals surface area contributed by atoms with Crippen LogP contribution in [0.25, 0.3) is 0 Å². The van der Waals surface area contributed by atoms with Crippen LogP contribution < -0.4 is 0 Å². The van der Waals surface area contributed by atoms with E-state index in [1.54, 1.807) is 15.6 Å². The second-order valence-corrected chi connectivity index (χ2v) is 16.4. The van der Waals surface area contributed by atoms with Gasteiger partial charge in [-0.05, 0) is 0 Å². The molecule has 30 heavy (non-hydrogen) atoms. The molecule has 1 aliphatic carbocycles. The van der Waals surface area contributed by atoms with Gasteiger partial charge in [0.05, 0.1) is 0 Å². The van der Waals surface area contributed by atoms with Crippen molar-refractivity contribution < 1.29 is 0 Å². The molecule has 2 rings (SSSR count). The van der Waals surface area contributed by atoms with Crippen LogP contribution >= 0.6 is 19.8 Å². The predicted octanol–water partition coefficient (Wildman–Crippen LogP) is 10.1. The third-order valence-electron chi connectivity index (χ3n) is 7.49. The van der Waals surface area contributed by atoms with Crippen molar-refractivity contribution >= 4 is 19.8 Å². The van der Waals surface area contributed by atoms with E-state index in [4.69, 9.17) is 0 Å². The standard InChI is InChI=1S/C29H51I/c1-8-13-26(10-3)27-19-23(4)21-30(22-27)28-16-15-25(20-24(28)5)14-11-12-18-29(6,7)17-9-2/h16,20,25-27H,4,8-15,17-19,21-22H2,1-3,5-7H3. The normalized spacial score (nSPS) is 25.1. The Morgan fingerprint density at radius 2 is 1.90 bits per heavy atom. The van der Waals surface area contributed by atoms with E-state index in [1.807, 2.05) is 3.58 Å². The molecule has 1 saturated heterocycles. The summed E-state index contributed by atoms with van der Waals surface area (Å²) >= 11 is -1.08. The average Bonchev–Trinajstić information content (AvgIpc) is 2.69. The van der Waals surface area contributed by atoms with E-state index in [0.29, 0.717) is 5.41 Å². The predicted molar refractivity (Wildman–Crippen MR) is 147 cm³/mol. The summed E-state index contributed by atoms with van der Waals surface area (Å²) in [6.45, 7) is 18.9. The van der Waals surface area contributed by atoms with E-state index in [0.717, 1.165) is 17.8 Å². The summed E-state index contributed by atoms with van der Waals surface area (Å²) in [5.74, 6) is 2.66. The molecule has 0 aromatic heterocycles. The molecule has 2 aliphatic rings. The summed E-state index contributed by atoms with van der Waals surface area (Å²) in [6.07, 6.45) is 20.4. The molecule has 0 N–H and O–H groups in total. The maximum absolute atomic E-state index is 4.50. The molecule has 0 aromatic carbocycles. The monoisotopic (exact) mass is 526 g/mol. The first-order chi connectivity index (χ1) is 14.3. The third kappa shape index (κ3) is 8.14. The Bertz CT molecular complexity index is 593. The molecular formula is C29H51I. The quantitative estimate of drug-likeness (QED) is 0.103. The van der Waals surface area contributed by atoms with Gasteiger partial charge >= 0.3 is 197 Å². The van der Waals surface area contributed by atoms with Gasteiger partial charge < -0.3 is 0 Å². The number of hydrogen-bond donors (Lipinski definition) is 0. The zero-order chi connectivity index (χ0) is 22.1. The van der Waals surface area contributed by atoms with Gasteiger partial charge in [-0.1, -0.05) is 0 Å². The van der Waals surface area contributed by atoms with Gasteiger partial charge in [-0.15, -0.1) is 0 Å². The fourth-order valence-electron chi connectivity index (χ4n) is 5.84. The molecule has 0 nitrogen and oxygen atoms in total. The summed E-state index contributed by atoms with van der Waals surface area (Å²) in [5.41, 5.74) is 3.77. The van der Waals surface area contributed by atoms with Crippen molar-refractivity contribution in [3.05, 3.63) is 33.5 Å². The van der Waals surface area contributed by atoms with Gasteiger partial charge in [-0.2, -0.15) is 0 Å². The van der Waals surface area contributed by atoms with Crippen LogP contribution in [0.5, 0.6) is 0 Å². The first-order valence-corrected chi connectivity index (χ1v) is 17.1. The first-order valence-electron chi connectivity index (χ1n) is 13.0. The molecule has 1 aliphatic heterocycles. The van der Waals surface area contributed by atoms with Gasteiger partial charge in [0.1, 0.15) is 0 Å². The number of alkyl halides is 2. The minimum absolute atomic E-state index is 0.542. The van der Waals surface area contributed by atoms with Gasteiger partial charge in [-0.25, -0.2) is 0 Å². The topological polar surface area (TPSA) is 0 Å². The van der Waals surface area contributed by atoms with E-state index in [-0.39, 0.29) is 0 Å². The number of allylic oxidation sites excluding steroid dienone is 5. The van der Waals surface area contributed by atoms with Crippen LogP contribution in [0.1, 0.15) is 112 Å². The van der Waals surface area contributed by atoms with Gasteiger partial charge in [0, 0.05) is 0 Å². The molecule has 0 radical (unpaired) electrons. The van der Waals surface area contributed by atoms with Gasteiger partial charge in [0.25, 0.3) is 0 Å². The molecule has 0 spiro atoms. The van der Waals surface area contributed by atoms with Crippen molar-refractivity contribution in [3.63, 3.8) is 0 Å². The molecule has 1 fully saturated rings. The maximum atomic E-state index is 4.50. The summed E-state index contributed by atoms with van der Waals surface area (Å²) in [4.78, 5) is 0.